The summed E-state index contributed by atoms with van der Waals surface area (Å²) < 4.78 is 0. The smallest absolute Gasteiger partial charge is 0.337 e. The molecule has 4 rings (SSSR count). The van der Waals surface area contributed by atoms with Gasteiger partial charge in [0.1, 0.15) is 0 Å². The number of fused-ring (bicyclic) bond motifs is 1. The third-order valence-electron chi connectivity index (χ3n) is 5.80. The number of pyridine rings is 1. The summed E-state index contributed by atoms with van der Waals surface area (Å²) >= 11 is 0. The number of rotatable bonds is 6. The number of amides is 1. The van der Waals surface area contributed by atoms with Gasteiger partial charge in [0.05, 0.1) is 17.4 Å². The quantitative estimate of drug-likeness (QED) is 0.800. The fourth-order valence-corrected chi connectivity index (χ4v) is 4.01. The predicted octanol–water partition coefficient (Wildman–Crippen LogP) is 3.68. The number of nitrogens with zero attached hydrogens (tertiary/aromatic N) is 2. The average Bonchev–Trinajstić information content (AvgIpc) is 3.56. The Morgan fingerprint density at radius 2 is 2.07 bits per heavy atom. The highest BCUT2D eigenvalue weighted by molar-refractivity contribution is 5.96. The minimum absolute atomic E-state index is 0.209. The van der Waals surface area contributed by atoms with E-state index in [1.165, 1.54) is 23.4 Å². The molecule has 146 valence electrons. The number of carbonyl (C=O) groups is 2. The first-order valence-electron chi connectivity index (χ1n) is 9.86. The lowest BCUT2D eigenvalue weighted by Gasteiger charge is -2.28. The van der Waals surface area contributed by atoms with Gasteiger partial charge in [0.25, 0.3) is 0 Å². The lowest BCUT2D eigenvalue weighted by Crippen LogP contribution is -2.28. The molecule has 28 heavy (non-hydrogen) atoms. The Morgan fingerprint density at radius 1 is 1.25 bits per heavy atom. The van der Waals surface area contributed by atoms with Crippen LogP contribution in [0.3, 0.4) is 0 Å². The summed E-state index contributed by atoms with van der Waals surface area (Å²) in [6.45, 7) is 0.662. The molecule has 1 fully saturated rings. The van der Waals surface area contributed by atoms with Crippen LogP contribution in [-0.2, 0) is 11.2 Å². The average molecular weight is 379 g/mol. The van der Waals surface area contributed by atoms with Crippen LogP contribution in [0.25, 0.3) is 0 Å². The van der Waals surface area contributed by atoms with Crippen molar-refractivity contribution in [3.63, 3.8) is 0 Å². The number of carboxylic acid groups (broad SMARTS) is 1. The summed E-state index contributed by atoms with van der Waals surface area (Å²) in [5.74, 6) is -0.223. The fourth-order valence-electron chi connectivity index (χ4n) is 4.01. The number of hydrogen-bond donors (Lipinski definition) is 2. The minimum Gasteiger partial charge on any atom is -0.478 e. The molecule has 1 saturated carbocycles. The van der Waals surface area contributed by atoms with Crippen LogP contribution >= 0.6 is 0 Å². The molecule has 0 aliphatic heterocycles. The molecule has 0 saturated heterocycles. The van der Waals surface area contributed by atoms with Gasteiger partial charge in [-0.1, -0.05) is 6.07 Å². The van der Waals surface area contributed by atoms with Crippen molar-refractivity contribution in [2.24, 2.45) is 5.92 Å². The molecule has 6 nitrogen and oxygen atoms in total. The van der Waals surface area contributed by atoms with Gasteiger partial charge in [0.2, 0.25) is 5.91 Å². The number of aromatic carboxylic acids is 1. The van der Waals surface area contributed by atoms with Crippen molar-refractivity contribution in [1.82, 2.24) is 4.98 Å². The molecule has 2 aromatic rings. The van der Waals surface area contributed by atoms with E-state index in [4.69, 9.17) is 0 Å². The van der Waals surface area contributed by atoms with Crippen molar-refractivity contribution in [3.8, 4) is 0 Å². The van der Waals surface area contributed by atoms with Gasteiger partial charge in [-0.05, 0) is 61.4 Å². The molecule has 1 aromatic carbocycles. The molecule has 0 radical (unpaired) electrons. The third-order valence-corrected chi connectivity index (χ3v) is 5.80. The number of hydrogen-bond acceptors (Lipinski definition) is 4. The lowest BCUT2D eigenvalue weighted by atomic mass is 9.82. The minimum atomic E-state index is -0.957. The van der Waals surface area contributed by atoms with E-state index in [0.717, 1.165) is 37.8 Å². The maximum atomic E-state index is 12.3. The summed E-state index contributed by atoms with van der Waals surface area (Å²) in [5, 5.41) is 12.6. The number of anilines is 2. The van der Waals surface area contributed by atoms with Crippen LogP contribution in [0.4, 0.5) is 11.4 Å². The maximum Gasteiger partial charge on any atom is 0.337 e. The second kappa shape index (κ2) is 7.62. The van der Waals surface area contributed by atoms with Crippen LogP contribution in [-0.4, -0.2) is 35.6 Å². The van der Waals surface area contributed by atoms with Crippen LogP contribution in [0.15, 0.2) is 36.7 Å². The summed E-state index contributed by atoms with van der Waals surface area (Å²) in [4.78, 5) is 29.6. The van der Waals surface area contributed by atoms with E-state index in [1.807, 2.05) is 13.1 Å². The van der Waals surface area contributed by atoms with Gasteiger partial charge in [-0.2, -0.15) is 0 Å². The summed E-state index contributed by atoms with van der Waals surface area (Å²) in [6.07, 6.45) is 8.22. The van der Waals surface area contributed by atoms with Crippen molar-refractivity contribution >= 4 is 23.3 Å². The standard InChI is InChI=1S/C22H25N3O3/c1-25(21(26)14-5-6-14)17-7-8-18-15(11-17)3-2-4-16(18)12-24-20-13-23-10-9-19(20)22(27)28/h7-11,13-14,16,24H,2-6,12H2,1H3,(H,27,28)/t16-/m0/s1. The molecule has 1 heterocycles. The predicted molar refractivity (Wildman–Crippen MR) is 108 cm³/mol. The van der Waals surface area contributed by atoms with Crippen molar-refractivity contribution < 1.29 is 14.7 Å². The van der Waals surface area contributed by atoms with Crippen molar-refractivity contribution in [3.05, 3.63) is 53.3 Å². The van der Waals surface area contributed by atoms with E-state index in [1.54, 1.807) is 11.1 Å². The van der Waals surface area contributed by atoms with E-state index >= 15 is 0 Å². The van der Waals surface area contributed by atoms with Crippen LogP contribution in [0.2, 0.25) is 0 Å². The molecular weight excluding hydrogens is 354 g/mol. The Kier molecular flexibility index (Phi) is 5.03. The molecule has 0 unspecified atom stereocenters. The molecule has 1 amide bonds. The first-order valence-corrected chi connectivity index (χ1v) is 9.86. The second-order valence-corrected chi connectivity index (χ2v) is 7.75. The molecule has 0 bridgehead atoms. The van der Waals surface area contributed by atoms with Gasteiger partial charge in [-0.25, -0.2) is 4.79 Å². The largest absolute Gasteiger partial charge is 0.478 e. The highest BCUT2D eigenvalue weighted by atomic mass is 16.4. The van der Waals surface area contributed by atoms with Gasteiger partial charge >= 0.3 is 5.97 Å². The van der Waals surface area contributed by atoms with Crippen LogP contribution < -0.4 is 10.2 Å². The van der Waals surface area contributed by atoms with E-state index < -0.39 is 5.97 Å². The topological polar surface area (TPSA) is 82.5 Å². The third kappa shape index (κ3) is 3.72. The first kappa shape index (κ1) is 18.5. The maximum absolute atomic E-state index is 12.3. The summed E-state index contributed by atoms with van der Waals surface area (Å²) in [5.41, 5.74) is 4.32. The van der Waals surface area contributed by atoms with Gasteiger partial charge in [-0.15, -0.1) is 0 Å². The lowest BCUT2D eigenvalue weighted by molar-refractivity contribution is -0.119. The number of benzene rings is 1. The Hall–Kier alpha value is -2.89. The molecule has 2 aliphatic carbocycles. The molecule has 2 aliphatic rings. The Labute approximate surface area is 164 Å². The number of carboxylic acids is 1. The van der Waals surface area contributed by atoms with Crippen LogP contribution in [0.5, 0.6) is 0 Å². The normalized spacial score (nSPS) is 18.2. The fraction of sp³-hybridized carbons (Fsp3) is 0.409. The Morgan fingerprint density at radius 3 is 2.82 bits per heavy atom. The highest BCUT2D eigenvalue weighted by Gasteiger charge is 2.33. The zero-order chi connectivity index (χ0) is 19.7. The zero-order valence-electron chi connectivity index (χ0n) is 16.0. The molecule has 1 aromatic heterocycles. The van der Waals surface area contributed by atoms with E-state index in [0.29, 0.717) is 18.2 Å². The molecule has 6 heteroatoms. The molecule has 2 N–H and O–H groups in total. The monoisotopic (exact) mass is 379 g/mol. The number of aromatic nitrogens is 1. The summed E-state index contributed by atoms with van der Waals surface area (Å²) in [6, 6.07) is 7.82. The summed E-state index contributed by atoms with van der Waals surface area (Å²) in [7, 11) is 1.86. The van der Waals surface area contributed by atoms with Crippen molar-refractivity contribution in [2.75, 3.05) is 23.8 Å². The Bertz CT molecular complexity index is 908. The zero-order valence-corrected chi connectivity index (χ0v) is 16.0. The van der Waals surface area contributed by atoms with Crippen LogP contribution in [0.1, 0.15) is 53.1 Å². The van der Waals surface area contributed by atoms with Gasteiger partial charge in [-0.3, -0.25) is 9.78 Å². The molecular formula is C22H25N3O3. The van der Waals surface area contributed by atoms with E-state index in [-0.39, 0.29) is 17.4 Å². The SMILES string of the molecule is CN(C(=O)C1CC1)c1ccc2c(c1)CCC[C@H]2CNc1cnccc1C(=O)O. The Balaban J connectivity index is 1.50. The molecule has 1 atom stereocenters. The molecule has 0 spiro atoms. The number of nitrogens with one attached hydrogen (secondary N) is 1. The highest BCUT2D eigenvalue weighted by Crippen LogP contribution is 2.36. The van der Waals surface area contributed by atoms with Crippen molar-refractivity contribution in [2.45, 2.75) is 38.0 Å². The van der Waals surface area contributed by atoms with Gasteiger partial charge < -0.3 is 15.3 Å². The van der Waals surface area contributed by atoms with Crippen molar-refractivity contribution in [1.29, 1.82) is 0 Å². The number of aryl methyl sites for hydroxylation is 1. The van der Waals surface area contributed by atoms with E-state index in [2.05, 4.69) is 22.4 Å². The van der Waals surface area contributed by atoms with Crippen LogP contribution in [0, 0.1) is 5.92 Å². The van der Waals surface area contributed by atoms with Gasteiger partial charge in [0, 0.05) is 37.3 Å². The van der Waals surface area contributed by atoms with E-state index in [9.17, 15) is 14.7 Å². The van der Waals surface area contributed by atoms with Gasteiger partial charge in [0.15, 0.2) is 0 Å². The first-order chi connectivity index (χ1) is 13.5. The second-order valence-electron chi connectivity index (χ2n) is 7.75. The number of carbonyl (C=O) groups excluding carboxylic acids is 1.